The van der Waals surface area contributed by atoms with Crippen molar-refractivity contribution in [2.24, 2.45) is 0 Å². The zero-order chi connectivity index (χ0) is 15.8. The fourth-order valence-electron chi connectivity index (χ4n) is 2.52. The van der Waals surface area contributed by atoms with Crippen molar-refractivity contribution >= 4 is 12.2 Å². The summed E-state index contributed by atoms with van der Waals surface area (Å²) in [5.74, 6) is 0. The average Bonchev–Trinajstić information content (AvgIpc) is 2.51. The van der Waals surface area contributed by atoms with Gasteiger partial charge in [-0.1, -0.05) is 80.5 Å². The highest BCUT2D eigenvalue weighted by atomic mass is 14.1. The van der Waals surface area contributed by atoms with E-state index in [9.17, 15) is 0 Å². The molecule has 0 bridgehead atoms. The normalized spacial score (nSPS) is 12.4. The molecule has 1 aromatic carbocycles. The standard InChI is InChI=1S/C21H24/c1-7-17(8-2)20(10-4)16(6)15-19-14-12-13-18(9-3)21(19)11-5/h7-14H,1,3-5,15H2,2,6H3/b17-8-,20-16+. The van der Waals surface area contributed by atoms with Gasteiger partial charge in [-0.3, -0.25) is 0 Å². The van der Waals surface area contributed by atoms with Gasteiger partial charge in [0.2, 0.25) is 0 Å². The highest BCUT2D eigenvalue weighted by Crippen LogP contribution is 2.24. The molecule has 0 radical (unpaired) electrons. The Morgan fingerprint density at radius 2 is 1.76 bits per heavy atom. The van der Waals surface area contributed by atoms with Gasteiger partial charge in [-0.15, -0.1) is 0 Å². The molecule has 0 aromatic heterocycles. The van der Waals surface area contributed by atoms with Crippen molar-refractivity contribution < 1.29 is 0 Å². The van der Waals surface area contributed by atoms with Gasteiger partial charge in [0, 0.05) is 0 Å². The molecular formula is C21H24. The van der Waals surface area contributed by atoms with Crippen molar-refractivity contribution in [3.63, 3.8) is 0 Å². The van der Waals surface area contributed by atoms with E-state index in [2.05, 4.69) is 57.5 Å². The predicted octanol–water partition coefficient (Wildman–Crippen LogP) is 6.15. The molecule has 0 aliphatic heterocycles. The van der Waals surface area contributed by atoms with E-state index < -0.39 is 0 Å². The first-order valence-corrected chi connectivity index (χ1v) is 7.10. The van der Waals surface area contributed by atoms with Crippen LogP contribution in [0.1, 0.15) is 30.5 Å². The van der Waals surface area contributed by atoms with E-state index >= 15 is 0 Å². The first-order chi connectivity index (χ1) is 10.1. The van der Waals surface area contributed by atoms with Crippen LogP contribution < -0.4 is 0 Å². The van der Waals surface area contributed by atoms with Gasteiger partial charge in [0.05, 0.1) is 0 Å². The second kappa shape index (κ2) is 8.06. The zero-order valence-electron chi connectivity index (χ0n) is 13.2. The van der Waals surface area contributed by atoms with Crippen LogP contribution in [0.3, 0.4) is 0 Å². The van der Waals surface area contributed by atoms with E-state index in [1.165, 1.54) is 11.1 Å². The topological polar surface area (TPSA) is 0 Å². The van der Waals surface area contributed by atoms with Crippen molar-refractivity contribution in [3.8, 4) is 0 Å². The van der Waals surface area contributed by atoms with Crippen LogP contribution in [0.5, 0.6) is 0 Å². The Morgan fingerprint density at radius 1 is 1.05 bits per heavy atom. The van der Waals surface area contributed by atoms with Gasteiger partial charge in [0.25, 0.3) is 0 Å². The van der Waals surface area contributed by atoms with Crippen molar-refractivity contribution in [1.82, 2.24) is 0 Å². The summed E-state index contributed by atoms with van der Waals surface area (Å²) in [6, 6.07) is 6.25. The molecule has 0 saturated carbocycles. The highest BCUT2D eigenvalue weighted by molar-refractivity contribution is 5.67. The van der Waals surface area contributed by atoms with Gasteiger partial charge in [-0.25, -0.2) is 0 Å². The summed E-state index contributed by atoms with van der Waals surface area (Å²) in [6.07, 6.45) is 10.5. The Bertz CT molecular complexity index is 621. The minimum atomic E-state index is 0.857. The van der Waals surface area contributed by atoms with Crippen LogP contribution >= 0.6 is 0 Å². The fourth-order valence-corrected chi connectivity index (χ4v) is 2.52. The minimum Gasteiger partial charge on any atom is -0.0985 e. The average molecular weight is 276 g/mol. The molecular weight excluding hydrogens is 252 g/mol. The lowest BCUT2D eigenvalue weighted by Gasteiger charge is -2.13. The third-order valence-corrected chi connectivity index (χ3v) is 3.62. The van der Waals surface area contributed by atoms with Crippen molar-refractivity contribution in [1.29, 1.82) is 0 Å². The maximum absolute atomic E-state index is 3.93. The largest absolute Gasteiger partial charge is 0.0985 e. The van der Waals surface area contributed by atoms with Gasteiger partial charge >= 0.3 is 0 Å². The summed E-state index contributed by atoms with van der Waals surface area (Å²) < 4.78 is 0. The van der Waals surface area contributed by atoms with Crippen LogP contribution in [-0.4, -0.2) is 0 Å². The van der Waals surface area contributed by atoms with Crippen LogP contribution in [0.4, 0.5) is 0 Å². The molecule has 0 heterocycles. The van der Waals surface area contributed by atoms with Gasteiger partial charge in [-0.2, -0.15) is 0 Å². The number of hydrogen-bond donors (Lipinski definition) is 0. The first-order valence-electron chi connectivity index (χ1n) is 7.10. The molecule has 0 aliphatic rings. The maximum atomic E-state index is 3.93. The van der Waals surface area contributed by atoms with Gasteiger partial charge < -0.3 is 0 Å². The van der Waals surface area contributed by atoms with E-state index in [0.717, 1.165) is 28.7 Å². The molecule has 0 fully saturated rings. The maximum Gasteiger partial charge on any atom is -0.00545 e. The third kappa shape index (κ3) is 3.82. The van der Waals surface area contributed by atoms with E-state index in [-0.39, 0.29) is 0 Å². The molecule has 21 heavy (non-hydrogen) atoms. The van der Waals surface area contributed by atoms with E-state index in [0.29, 0.717) is 0 Å². The van der Waals surface area contributed by atoms with Gasteiger partial charge in [0.15, 0.2) is 0 Å². The number of allylic oxidation sites excluding steroid dienone is 6. The smallest absolute Gasteiger partial charge is 0.00545 e. The molecule has 0 saturated heterocycles. The van der Waals surface area contributed by atoms with Crippen molar-refractivity contribution in [3.05, 3.63) is 96.2 Å². The lowest BCUT2D eigenvalue weighted by molar-refractivity contribution is 1.11. The quantitative estimate of drug-likeness (QED) is 0.524. The summed E-state index contributed by atoms with van der Waals surface area (Å²) >= 11 is 0. The predicted molar refractivity (Wildman–Crippen MR) is 97.2 cm³/mol. The molecule has 108 valence electrons. The SMILES string of the molecule is C=CC(=C/C)/C(C=C)=C(\C)Cc1cccc(C=C)c1C=C. The molecule has 0 heteroatoms. The number of benzene rings is 1. The Kier molecular flexibility index (Phi) is 6.42. The molecule has 0 N–H and O–H groups in total. The monoisotopic (exact) mass is 276 g/mol. The second-order valence-electron chi connectivity index (χ2n) is 4.85. The third-order valence-electron chi connectivity index (χ3n) is 3.62. The van der Waals surface area contributed by atoms with Crippen LogP contribution in [0.15, 0.2) is 79.5 Å². The van der Waals surface area contributed by atoms with Crippen LogP contribution in [0.25, 0.3) is 12.2 Å². The second-order valence-corrected chi connectivity index (χ2v) is 4.85. The first kappa shape index (κ1) is 16.7. The van der Waals surface area contributed by atoms with Gasteiger partial charge in [0.1, 0.15) is 0 Å². The number of hydrogen-bond acceptors (Lipinski definition) is 0. The van der Waals surface area contributed by atoms with Crippen LogP contribution in [-0.2, 0) is 6.42 Å². The highest BCUT2D eigenvalue weighted by Gasteiger charge is 2.07. The lowest BCUT2D eigenvalue weighted by Crippen LogP contribution is -1.97. The van der Waals surface area contributed by atoms with Crippen LogP contribution in [0.2, 0.25) is 0 Å². The van der Waals surface area contributed by atoms with E-state index in [1.54, 1.807) is 0 Å². The molecule has 0 unspecified atom stereocenters. The van der Waals surface area contributed by atoms with E-state index in [1.807, 2.05) is 31.2 Å². The molecule has 0 spiro atoms. The Labute approximate surface area is 129 Å². The Morgan fingerprint density at radius 3 is 2.24 bits per heavy atom. The van der Waals surface area contributed by atoms with Gasteiger partial charge in [-0.05, 0) is 48.1 Å². The molecule has 1 rings (SSSR count). The molecule has 0 amide bonds. The van der Waals surface area contributed by atoms with Crippen molar-refractivity contribution in [2.45, 2.75) is 20.3 Å². The molecule has 0 atom stereocenters. The summed E-state index contributed by atoms with van der Waals surface area (Å²) in [6.45, 7) is 19.8. The molecule has 0 aliphatic carbocycles. The zero-order valence-corrected chi connectivity index (χ0v) is 13.2. The lowest BCUT2D eigenvalue weighted by atomic mass is 9.92. The summed E-state index contributed by atoms with van der Waals surface area (Å²) in [5, 5.41) is 0. The minimum absolute atomic E-state index is 0.857. The summed E-state index contributed by atoms with van der Waals surface area (Å²) in [7, 11) is 0. The Hall–Kier alpha value is -2.34. The fraction of sp³-hybridized carbons (Fsp3) is 0.143. The summed E-state index contributed by atoms with van der Waals surface area (Å²) in [4.78, 5) is 0. The Balaban J connectivity index is 3.33. The van der Waals surface area contributed by atoms with Crippen LogP contribution in [0, 0.1) is 0 Å². The molecule has 1 aromatic rings. The van der Waals surface area contributed by atoms with Crippen molar-refractivity contribution in [2.75, 3.05) is 0 Å². The van der Waals surface area contributed by atoms with E-state index in [4.69, 9.17) is 0 Å². The number of rotatable bonds is 7. The molecule has 0 nitrogen and oxygen atoms in total. The summed E-state index contributed by atoms with van der Waals surface area (Å²) in [5.41, 5.74) is 7.04.